The highest BCUT2D eigenvalue weighted by molar-refractivity contribution is 8.80. The van der Waals surface area contributed by atoms with E-state index in [4.69, 9.17) is 11.5 Å². The van der Waals surface area contributed by atoms with E-state index < -0.39 is 12.0 Å². The van der Waals surface area contributed by atoms with Gasteiger partial charge in [-0.1, -0.05) is 28.0 Å². The molecule has 7 N–H and O–H groups in total. The lowest BCUT2D eigenvalue weighted by molar-refractivity contribution is -0.139. The number of nitrogens with two attached hydrogens (primary N) is 2. The average Bonchev–Trinajstić information content (AvgIpc) is 2.57. The van der Waals surface area contributed by atoms with Crippen molar-refractivity contribution in [2.24, 2.45) is 17.4 Å². The Hall–Kier alpha value is -0.480. The first kappa shape index (κ1) is 21.8. The molecule has 0 bridgehead atoms. The molecular formula is C17H32N4O3S2. The number of amides is 1. The summed E-state index contributed by atoms with van der Waals surface area (Å²) in [5.74, 6) is -1.11. The molecular weight excluding hydrogens is 372 g/mol. The number of carboxylic acids is 1. The molecule has 6 atom stereocenters. The van der Waals surface area contributed by atoms with Gasteiger partial charge in [-0.15, -0.1) is 0 Å². The van der Waals surface area contributed by atoms with Crippen LogP contribution in [0.2, 0.25) is 0 Å². The largest absolute Gasteiger partial charge is 0.481 e. The third kappa shape index (κ3) is 6.60. The second-order valence-corrected chi connectivity index (χ2v) is 10.2. The summed E-state index contributed by atoms with van der Waals surface area (Å²) in [7, 11) is 5.56. The second-order valence-electron chi connectivity index (χ2n) is 7.42. The van der Waals surface area contributed by atoms with Crippen molar-refractivity contribution in [3.8, 4) is 0 Å². The quantitative estimate of drug-likeness (QED) is 0.283. The zero-order chi connectivity index (χ0) is 19.1. The summed E-state index contributed by atoms with van der Waals surface area (Å²) in [5.41, 5.74) is 12.3. The van der Waals surface area contributed by atoms with Crippen LogP contribution < -0.4 is 22.1 Å². The summed E-state index contributed by atoms with van der Waals surface area (Å²) in [6.07, 6.45) is 4.90. The Morgan fingerprint density at radius 2 is 1.88 bits per heavy atom. The van der Waals surface area contributed by atoms with Gasteiger partial charge in [-0.05, 0) is 51.6 Å². The number of aliphatic carboxylic acids is 1. The van der Waals surface area contributed by atoms with Gasteiger partial charge >= 0.3 is 5.97 Å². The van der Waals surface area contributed by atoms with Crippen molar-refractivity contribution in [1.82, 2.24) is 10.6 Å². The molecule has 0 aromatic rings. The van der Waals surface area contributed by atoms with Gasteiger partial charge in [-0.3, -0.25) is 9.59 Å². The van der Waals surface area contributed by atoms with E-state index in [0.29, 0.717) is 23.3 Å². The van der Waals surface area contributed by atoms with Crippen LogP contribution in [0.15, 0.2) is 0 Å². The lowest BCUT2D eigenvalue weighted by atomic mass is 9.82. The highest BCUT2D eigenvalue weighted by Crippen LogP contribution is 2.53. The van der Waals surface area contributed by atoms with Gasteiger partial charge in [-0.2, -0.15) is 0 Å². The minimum absolute atomic E-state index is 0.0235. The van der Waals surface area contributed by atoms with Crippen molar-refractivity contribution in [2.75, 3.05) is 13.6 Å². The molecule has 1 saturated heterocycles. The lowest BCUT2D eigenvalue weighted by Gasteiger charge is -2.43. The van der Waals surface area contributed by atoms with Gasteiger partial charge in [-0.25, -0.2) is 0 Å². The fourth-order valence-electron chi connectivity index (χ4n) is 3.68. The molecule has 2 rings (SSSR count). The third-order valence-electron chi connectivity index (χ3n) is 5.21. The summed E-state index contributed by atoms with van der Waals surface area (Å²) < 4.78 is 0. The van der Waals surface area contributed by atoms with E-state index in [1.807, 2.05) is 28.6 Å². The molecule has 0 aromatic carbocycles. The number of nitrogens with one attached hydrogen (secondary N) is 2. The van der Waals surface area contributed by atoms with Crippen LogP contribution >= 0.6 is 21.6 Å². The molecule has 2 fully saturated rings. The van der Waals surface area contributed by atoms with Crippen LogP contribution in [0, 0.1) is 5.92 Å². The predicted molar refractivity (Wildman–Crippen MR) is 108 cm³/mol. The molecule has 1 heterocycles. The second kappa shape index (κ2) is 10.8. The molecule has 0 radical (unpaired) electrons. The van der Waals surface area contributed by atoms with Gasteiger partial charge in [0.1, 0.15) is 0 Å². The molecule has 0 aromatic heterocycles. The first-order valence-corrected chi connectivity index (χ1v) is 11.7. The van der Waals surface area contributed by atoms with Gasteiger partial charge in [0.2, 0.25) is 5.91 Å². The van der Waals surface area contributed by atoms with E-state index in [0.717, 1.165) is 32.2 Å². The van der Waals surface area contributed by atoms with Crippen molar-refractivity contribution >= 4 is 33.5 Å². The summed E-state index contributed by atoms with van der Waals surface area (Å²) in [6, 6.07) is -0.797. The number of fused-ring (bicyclic) bond motifs is 1. The number of carbonyl (C=O) groups is 2. The van der Waals surface area contributed by atoms with Crippen LogP contribution in [-0.4, -0.2) is 59.2 Å². The highest BCUT2D eigenvalue weighted by atomic mass is 33.1. The molecule has 26 heavy (non-hydrogen) atoms. The average molecular weight is 405 g/mol. The maximum atomic E-state index is 12.5. The van der Waals surface area contributed by atoms with Gasteiger partial charge in [0.15, 0.2) is 0 Å². The Morgan fingerprint density at radius 1 is 1.19 bits per heavy atom. The molecule has 150 valence electrons. The number of hydrogen-bond acceptors (Lipinski definition) is 7. The predicted octanol–water partition coefficient (Wildman–Crippen LogP) is 0.923. The van der Waals surface area contributed by atoms with Gasteiger partial charge in [0, 0.05) is 22.6 Å². The monoisotopic (exact) mass is 404 g/mol. The van der Waals surface area contributed by atoms with E-state index in [1.54, 1.807) is 0 Å². The SMILES string of the molecule is CNCCCC[C@H](N)C(=O)NC1CC(N)CC2SSC2CC1CC(=O)O. The zero-order valence-electron chi connectivity index (χ0n) is 15.4. The van der Waals surface area contributed by atoms with E-state index in [1.165, 1.54) is 0 Å². The Morgan fingerprint density at radius 3 is 2.50 bits per heavy atom. The van der Waals surface area contributed by atoms with Crippen LogP contribution in [-0.2, 0) is 9.59 Å². The van der Waals surface area contributed by atoms with Gasteiger partial charge < -0.3 is 27.2 Å². The molecule has 1 aliphatic heterocycles. The Kier molecular flexibility index (Phi) is 9.02. The molecule has 5 unspecified atom stereocenters. The Bertz CT molecular complexity index is 483. The number of rotatable bonds is 9. The fourth-order valence-corrected chi connectivity index (χ4v) is 6.73. The van der Waals surface area contributed by atoms with Crippen molar-refractivity contribution in [1.29, 1.82) is 0 Å². The van der Waals surface area contributed by atoms with Crippen molar-refractivity contribution in [2.45, 2.75) is 73.6 Å². The molecule has 9 heteroatoms. The van der Waals surface area contributed by atoms with E-state index in [9.17, 15) is 14.7 Å². The smallest absolute Gasteiger partial charge is 0.303 e. The summed E-state index contributed by atoms with van der Waals surface area (Å²) >= 11 is 0. The van der Waals surface area contributed by atoms with Gasteiger partial charge in [0.05, 0.1) is 12.5 Å². The van der Waals surface area contributed by atoms with Crippen LogP contribution in [0.3, 0.4) is 0 Å². The van der Waals surface area contributed by atoms with Crippen molar-refractivity contribution < 1.29 is 14.7 Å². The number of unbranched alkanes of at least 4 members (excludes halogenated alkanes) is 1. The normalized spacial score (nSPS) is 32.5. The van der Waals surface area contributed by atoms with Crippen LogP contribution in [0.4, 0.5) is 0 Å². The Balaban J connectivity index is 1.95. The first-order valence-electron chi connectivity index (χ1n) is 9.40. The van der Waals surface area contributed by atoms with E-state index in [-0.39, 0.29) is 30.3 Å². The number of carboxylic acid groups (broad SMARTS) is 1. The molecule has 0 spiro atoms. The summed E-state index contributed by atoms with van der Waals surface area (Å²) in [6.45, 7) is 0.907. The van der Waals surface area contributed by atoms with E-state index >= 15 is 0 Å². The first-order chi connectivity index (χ1) is 12.4. The van der Waals surface area contributed by atoms with E-state index in [2.05, 4.69) is 10.6 Å². The molecule has 2 aliphatic rings. The zero-order valence-corrected chi connectivity index (χ0v) is 17.0. The summed E-state index contributed by atoms with van der Waals surface area (Å²) in [5, 5.41) is 16.4. The minimum Gasteiger partial charge on any atom is -0.481 e. The maximum absolute atomic E-state index is 12.5. The maximum Gasteiger partial charge on any atom is 0.303 e. The minimum atomic E-state index is -0.826. The molecule has 1 amide bonds. The standard InChI is InChI=1S/C17H32N4O3S2/c1-20-5-3-2-4-12(19)17(24)21-13-8-11(18)9-15-14(25-26-15)6-10(13)7-16(22)23/h10-15,20H,2-9,18-19H2,1H3,(H,21,24)(H,22,23)/t10?,11?,12-,13?,14?,15?/m0/s1. The number of carbonyl (C=O) groups excluding carboxylic acids is 1. The lowest BCUT2D eigenvalue weighted by Crippen LogP contribution is -2.53. The van der Waals surface area contributed by atoms with Crippen LogP contribution in [0.1, 0.15) is 44.9 Å². The topological polar surface area (TPSA) is 130 Å². The Labute approximate surface area is 163 Å². The summed E-state index contributed by atoms with van der Waals surface area (Å²) in [4.78, 5) is 23.9. The number of hydrogen-bond donors (Lipinski definition) is 5. The van der Waals surface area contributed by atoms with Gasteiger partial charge in [0.25, 0.3) is 0 Å². The van der Waals surface area contributed by atoms with Crippen LogP contribution in [0.5, 0.6) is 0 Å². The van der Waals surface area contributed by atoms with Crippen LogP contribution in [0.25, 0.3) is 0 Å². The van der Waals surface area contributed by atoms with Crippen molar-refractivity contribution in [3.63, 3.8) is 0 Å². The molecule has 7 nitrogen and oxygen atoms in total. The highest BCUT2D eigenvalue weighted by Gasteiger charge is 2.41. The molecule has 1 saturated carbocycles. The third-order valence-corrected chi connectivity index (χ3v) is 8.84. The van der Waals surface area contributed by atoms with Crippen molar-refractivity contribution in [3.05, 3.63) is 0 Å². The molecule has 1 aliphatic carbocycles. The fraction of sp³-hybridized carbons (Fsp3) is 0.882.